The highest BCUT2D eigenvalue weighted by atomic mass is 35.5. The summed E-state index contributed by atoms with van der Waals surface area (Å²) in [5, 5.41) is 0.748. The van der Waals surface area contributed by atoms with E-state index in [4.69, 9.17) is 16.3 Å². The highest BCUT2D eigenvalue weighted by molar-refractivity contribution is 7.89. The first-order valence-corrected chi connectivity index (χ1v) is 12.3. The van der Waals surface area contributed by atoms with E-state index in [1.807, 2.05) is 12.1 Å². The normalized spacial score (nSPS) is 22.2. The topological polar surface area (TPSA) is 62.7 Å². The summed E-state index contributed by atoms with van der Waals surface area (Å²) in [4.78, 5) is 6.56. The molecule has 1 aliphatic heterocycles. The molecule has 30 heavy (non-hydrogen) atoms. The van der Waals surface area contributed by atoms with Crippen LogP contribution in [-0.4, -0.2) is 55.4 Å². The Morgan fingerprint density at radius 3 is 2.67 bits per heavy atom. The first kappa shape index (κ1) is 21.6. The van der Waals surface area contributed by atoms with Gasteiger partial charge in [0.05, 0.1) is 6.10 Å². The first-order valence-electron chi connectivity index (χ1n) is 10.5. The van der Waals surface area contributed by atoms with E-state index in [-0.39, 0.29) is 16.9 Å². The van der Waals surface area contributed by atoms with Crippen LogP contribution in [0, 0.1) is 5.92 Å². The summed E-state index contributed by atoms with van der Waals surface area (Å²) in [7, 11) is -1.88. The van der Waals surface area contributed by atoms with Crippen LogP contribution in [0.3, 0.4) is 0 Å². The minimum Gasteiger partial charge on any atom is -0.490 e. The molecular formula is C22H28ClN3O3S. The standard InChI is InChI=1S/C22H28ClN3O3S/c1-25(30(27,28)21-5-4-8-24-14-21)15-17-11-20(12-17)29-19-7-6-18(22(23)13-19)16-26-9-2-3-10-26/h4-8,13-14,17,20H,2-3,9-12,15-16H2,1H3. The lowest BCUT2D eigenvalue weighted by molar-refractivity contribution is 0.0575. The summed E-state index contributed by atoms with van der Waals surface area (Å²) in [5.74, 6) is 1.07. The second-order valence-electron chi connectivity index (χ2n) is 8.29. The summed E-state index contributed by atoms with van der Waals surface area (Å²) in [6.07, 6.45) is 7.25. The second kappa shape index (κ2) is 9.22. The summed E-state index contributed by atoms with van der Waals surface area (Å²) >= 11 is 6.47. The van der Waals surface area contributed by atoms with Gasteiger partial charge in [0, 0.05) is 37.6 Å². The quantitative estimate of drug-likeness (QED) is 0.613. The van der Waals surface area contributed by atoms with Crippen LogP contribution in [-0.2, 0) is 16.6 Å². The van der Waals surface area contributed by atoms with Crippen molar-refractivity contribution in [3.63, 3.8) is 0 Å². The van der Waals surface area contributed by atoms with Gasteiger partial charge in [-0.3, -0.25) is 9.88 Å². The van der Waals surface area contributed by atoms with Crippen LogP contribution in [0.5, 0.6) is 5.75 Å². The summed E-state index contributed by atoms with van der Waals surface area (Å²) in [6.45, 7) is 3.65. The van der Waals surface area contributed by atoms with Gasteiger partial charge in [-0.25, -0.2) is 12.7 Å². The number of sulfonamides is 1. The Kier molecular flexibility index (Phi) is 6.63. The molecule has 2 fully saturated rings. The molecule has 2 aromatic rings. The van der Waals surface area contributed by atoms with Crippen molar-refractivity contribution in [3.8, 4) is 5.75 Å². The number of pyridine rings is 1. The van der Waals surface area contributed by atoms with Gasteiger partial charge >= 0.3 is 0 Å². The highest BCUT2D eigenvalue weighted by Gasteiger charge is 2.34. The minimum absolute atomic E-state index is 0.102. The van der Waals surface area contributed by atoms with E-state index in [2.05, 4.69) is 16.0 Å². The summed E-state index contributed by atoms with van der Waals surface area (Å²) < 4.78 is 32.7. The molecule has 162 valence electrons. The Hall–Kier alpha value is -1.67. The number of likely N-dealkylation sites (tertiary alicyclic amines) is 1. The number of benzene rings is 1. The highest BCUT2D eigenvalue weighted by Crippen LogP contribution is 2.34. The predicted molar refractivity (Wildman–Crippen MR) is 117 cm³/mol. The van der Waals surface area contributed by atoms with Crippen molar-refractivity contribution >= 4 is 21.6 Å². The van der Waals surface area contributed by atoms with E-state index >= 15 is 0 Å². The molecule has 6 nitrogen and oxygen atoms in total. The van der Waals surface area contributed by atoms with Gasteiger partial charge < -0.3 is 4.74 Å². The molecule has 0 amide bonds. The largest absolute Gasteiger partial charge is 0.490 e. The van der Waals surface area contributed by atoms with Crippen LogP contribution in [0.1, 0.15) is 31.2 Å². The number of halogens is 1. The van der Waals surface area contributed by atoms with Crippen molar-refractivity contribution in [2.45, 2.75) is 43.2 Å². The van der Waals surface area contributed by atoms with Gasteiger partial charge in [0.25, 0.3) is 0 Å². The van der Waals surface area contributed by atoms with Gasteiger partial charge in [0.15, 0.2) is 0 Å². The Labute approximate surface area is 183 Å². The Morgan fingerprint density at radius 2 is 2.00 bits per heavy atom. The molecule has 2 aliphatic rings. The molecular weight excluding hydrogens is 422 g/mol. The van der Waals surface area contributed by atoms with E-state index in [1.54, 1.807) is 25.4 Å². The summed E-state index contributed by atoms with van der Waals surface area (Å²) in [6, 6.07) is 9.15. The zero-order valence-electron chi connectivity index (χ0n) is 17.2. The lowest BCUT2D eigenvalue weighted by Crippen LogP contribution is -2.41. The van der Waals surface area contributed by atoms with Crippen molar-refractivity contribution in [2.24, 2.45) is 5.92 Å². The molecule has 0 N–H and O–H groups in total. The number of nitrogens with zero attached hydrogens (tertiary/aromatic N) is 3. The molecule has 8 heteroatoms. The van der Waals surface area contributed by atoms with E-state index in [1.165, 1.54) is 23.3 Å². The predicted octanol–water partition coefficient (Wildman–Crippen LogP) is 3.81. The number of rotatable bonds is 8. The molecule has 2 heterocycles. The SMILES string of the molecule is CN(CC1CC(Oc2ccc(CN3CCCC3)c(Cl)c2)C1)S(=O)(=O)c1cccnc1. The lowest BCUT2D eigenvalue weighted by atomic mass is 9.82. The van der Waals surface area contributed by atoms with Gasteiger partial charge in [0.2, 0.25) is 10.0 Å². The van der Waals surface area contributed by atoms with Crippen LogP contribution in [0.4, 0.5) is 0 Å². The monoisotopic (exact) mass is 449 g/mol. The Bertz CT molecular complexity index is 959. The van der Waals surface area contributed by atoms with E-state index < -0.39 is 10.0 Å². The number of ether oxygens (including phenoxy) is 1. The van der Waals surface area contributed by atoms with Crippen molar-refractivity contribution in [2.75, 3.05) is 26.7 Å². The van der Waals surface area contributed by atoms with Gasteiger partial charge in [-0.1, -0.05) is 17.7 Å². The molecule has 1 aliphatic carbocycles. The third kappa shape index (κ3) is 4.97. The summed E-state index contributed by atoms with van der Waals surface area (Å²) in [5.41, 5.74) is 1.14. The van der Waals surface area contributed by atoms with Crippen molar-refractivity contribution in [3.05, 3.63) is 53.3 Å². The molecule has 0 atom stereocenters. The second-order valence-corrected chi connectivity index (χ2v) is 10.7. The maximum atomic E-state index is 12.6. The van der Waals surface area contributed by atoms with Crippen molar-refractivity contribution in [1.29, 1.82) is 0 Å². The van der Waals surface area contributed by atoms with Crippen LogP contribution in [0.15, 0.2) is 47.6 Å². The fraction of sp³-hybridized carbons (Fsp3) is 0.500. The number of hydrogen-bond acceptors (Lipinski definition) is 5. The van der Waals surface area contributed by atoms with Crippen LogP contribution < -0.4 is 4.74 Å². The zero-order chi connectivity index (χ0) is 21.1. The third-order valence-corrected chi connectivity index (χ3v) is 8.13. The van der Waals surface area contributed by atoms with Crippen LogP contribution in [0.25, 0.3) is 0 Å². The average molecular weight is 450 g/mol. The molecule has 1 aromatic heterocycles. The number of hydrogen-bond donors (Lipinski definition) is 0. The van der Waals surface area contributed by atoms with Gasteiger partial charge in [-0.15, -0.1) is 0 Å². The maximum absolute atomic E-state index is 12.6. The molecule has 4 rings (SSSR count). The maximum Gasteiger partial charge on any atom is 0.244 e. The molecule has 1 aromatic carbocycles. The molecule has 1 saturated carbocycles. The van der Waals surface area contributed by atoms with Gasteiger partial charge in [-0.2, -0.15) is 0 Å². The van der Waals surface area contributed by atoms with E-state index in [0.29, 0.717) is 6.54 Å². The van der Waals surface area contributed by atoms with E-state index in [0.717, 1.165) is 48.8 Å². The fourth-order valence-corrected chi connectivity index (χ4v) is 5.61. The molecule has 0 bridgehead atoms. The average Bonchev–Trinajstić information content (AvgIpc) is 3.22. The third-order valence-electron chi connectivity index (χ3n) is 5.97. The minimum atomic E-state index is -3.50. The first-order chi connectivity index (χ1) is 14.4. The number of aromatic nitrogens is 1. The molecule has 0 spiro atoms. The zero-order valence-corrected chi connectivity index (χ0v) is 18.8. The smallest absolute Gasteiger partial charge is 0.244 e. The lowest BCUT2D eigenvalue weighted by Gasteiger charge is -2.37. The fourth-order valence-electron chi connectivity index (χ4n) is 4.16. The Morgan fingerprint density at radius 1 is 1.23 bits per heavy atom. The van der Waals surface area contributed by atoms with E-state index in [9.17, 15) is 8.42 Å². The van der Waals surface area contributed by atoms with Gasteiger partial charge in [-0.05, 0) is 74.5 Å². The van der Waals surface area contributed by atoms with Crippen LogP contribution in [0.2, 0.25) is 5.02 Å². The molecule has 0 radical (unpaired) electrons. The van der Waals surface area contributed by atoms with Crippen molar-refractivity contribution in [1.82, 2.24) is 14.2 Å². The van der Waals surface area contributed by atoms with Crippen LogP contribution >= 0.6 is 11.6 Å². The molecule has 0 unspecified atom stereocenters. The Balaban J connectivity index is 1.26. The van der Waals surface area contributed by atoms with Crippen molar-refractivity contribution < 1.29 is 13.2 Å². The van der Waals surface area contributed by atoms with Gasteiger partial charge in [0.1, 0.15) is 10.6 Å². The molecule has 1 saturated heterocycles.